The van der Waals surface area contributed by atoms with Gasteiger partial charge in [-0.25, -0.2) is 0 Å². The standard InChI is InChI=1S/C14H22N2S/c1-3-17-14-8-7-12(9-14)15-10-13-6-4-5-11(2)16-13/h4-6,12,14-15H,3,7-10H2,1-2H3. The summed E-state index contributed by atoms with van der Waals surface area (Å²) in [5.74, 6) is 1.25. The summed E-state index contributed by atoms with van der Waals surface area (Å²) in [5.41, 5.74) is 2.27. The van der Waals surface area contributed by atoms with E-state index in [2.05, 4.69) is 41.1 Å². The zero-order chi connectivity index (χ0) is 12.1. The molecule has 2 rings (SSSR count). The third kappa shape index (κ3) is 4.00. The van der Waals surface area contributed by atoms with Gasteiger partial charge in [0.2, 0.25) is 0 Å². The average molecular weight is 250 g/mol. The molecule has 2 unspecified atom stereocenters. The Morgan fingerprint density at radius 2 is 2.29 bits per heavy atom. The van der Waals surface area contributed by atoms with Crippen molar-refractivity contribution in [2.24, 2.45) is 0 Å². The smallest absolute Gasteiger partial charge is 0.0544 e. The molecule has 17 heavy (non-hydrogen) atoms. The van der Waals surface area contributed by atoms with Gasteiger partial charge in [-0.2, -0.15) is 11.8 Å². The molecule has 1 aromatic rings. The fourth-order valence-electron chi connectivity index (χ4n) is 2.46. The molecule has 0 aromatic carbocycles. The predicted octanol–water partition coefficient (Wildman–Crippen LogP) is 3.15. The zero-order valence-corrected chi connectivity index (χ0v) is 11.6. The second-order valence-corrected chi connectivity index (χ2v) is 6.32. The van der Waals surface area contributed by atoms with Crippen molar-refractivity contribution in [2.75, 3.05) is 5.75 Å². The van der Waals surface area contributed by atoms with Crippen molar-refractivity contribution in [3.63, 3.8) is 0 Å². The quantitative estimate of drug-likeness (QED) is 0.869. The van der Waals surface area contributed by atoms with Crippen LogP contribution in [0.2, 0.25) is 0 Å². The summed E-state index contributed by atoms with van der Waals surface area (Å²) in [6.45, 7) is 5.21. The van der Waals surface area contributed by atoms with Crippen LogP contribution in [-0.2, 0) is 6.54 Å². The topological polar surface area (TPSA) is 24.9 Å². The number of nitrogens with zero attached hydrogens (tertiary/aromatic N) is 1. The fraction of sp³-hybridized carbons (Fsp3) is 0.643. The van der Waals surface area contributed by atoms with Crippen LogP contribution in [0, 0.1) is 6.92 Å². The van der Waals surface area contributed by atoms with E-state index in [1.807, 2.05) is 13.0 Å². The summed E-state index contributed by atoms with van der Waals surface area (Å²) in [7, 11) is 0. The van der Waals surface area contributed by atoms with E-state index in [4.69, 9.17) is 0 Å². The summed E-state index contributed by atoms with van der Waals surface area (Å²) in [4.78, 5) is 4.52. The summed E-state index contributed by atoms with van der Waals surface area (Å²) >= 11 is 2.11. The van der Waals surface area contributed by atoms with Crippen LogP contribution >= 0.6 is 11.8 Å². The van der Waals surface area contributed by atoms with Gasteiger partial charge < -0.3 is 5.32 Å². The van der Waals surface area contributed by atoms with E-state index in [0.29, 0.717) is 6.04 Å². The molecule has 0 radical (unpaired) electrons. The van der Waals surface area contributed by atoms with Gasteiger partial charge in [-0.3, -0.25) is 4.98 Å². The largest absolute Gasteiger partial charge is 0.308 e. The van der Waals surface area contributed by atoms with Gasteiger partial charge >= 0.3 is 0 Å². The lowest BCUT2D eigenvalue weighted by Gasteiger charge is -2.12. The number of rotatable bonds is 5. The Morgan fingerprint density at radius 3 is 3.06 bits per heavy atom. The summed E-state index contributed by atoms with van der Waals surface area (Å²) in [5, 5.41) is 4.52. The van der Waals surface area contributed by atoms with Gasteiger partial charge in [-0.15, -0.1) is 0 Å². The van der Waals surface area contributed by atoms with Crippen LogP contribution in [0.15, 0.2) is 18.2 Å². The average Bonchev–Trinajstić information content (AvgIpc) is 2.75. The van der Waals surface area contributed by atoms with Gasteiger partial charge in [0, 0.05) is 23.5 Å². The second-order valence-electron chi connectivity index (χ2n) is 4.74. The maximum absolute atomic E-state index is 4.52. The van der Waals surface area contributed by atoms with E-state index in [9.17, 15) is 0 Å². The van der Waals surface area contributed by atoms with Gasteiger partial charge in [0.25, 0.3) is 0 Å². The van der Waals surface area contributed by atoms with Crippen LogP contribution in [0.25, 0.3) is 0 Å². The lowest BCUT2D eigenvalue weighted by molar-refractivity contribution is 0.520. The Labute approximate surface area is 109 Å². The molecular formula is C14H22N2S. The van der Waals surface area contributed by atoms with Gasteiger partial charge in [0.05, 0.1) is 5.69 Å². The number of nitrogens with one attached hydrogen (secondary N) is 1. The van der Waals surface area contributed by atoms with Crippen molar-refractivity contribution in [1.29, 1.82) is 0 Å². The van der Waals surface area contributed by atoms with Gasteiger partial charge in [0.15, 0.2) is 0 Å². The van der Waals surface area contributed by atoms with E-state index in [0.717, 1.165) is 23.2 Å². The van der Waals surface area contributed by atoms with Gasteiger partial charge in [-0.1, -0.05) is 13.0 Å². The van der Waals surface area contributed by atoms with Crippen LogP contribution in [-0.4, -0.2) is 22.0 Å². The molecule has 1 fully saturated rings. The number of hydrogen-bond acceptors (Lipinski definition) is 3. The highest BCUT2D eigenvalue weighted by Gasteiger charge is 2.23. The number of thioether (sulfide) groups is 1. The molecule has 2 atom stereocenters. The lowest BCUT2D eigenvalue weighted by Crippen LogP contribution is -2.26. The molecule has 2 nitrogen and oxygen atoms in total. The lowest BCUT2D eigenvalue weighted by atomic mass is 10.2. The molecule has 94 valence electrons. The summed E-state index contributed by atoms with van der Waals surface area (Å²) < 4.78 is 0. The Bertz CT molecular complexity index is 354. The number of hydrogen-bond donors (Lipinski definition) is 1. The van der Waals surface area contributed by atoms with E-state index < -0.39 is 0 Å². The minimum Gasteiger partial charge on any atom is -0.308 e. The SMILES string of the molecule is CCSC1CCC(NCc2cccc(C)n2)C1. The molecule has 1 N–H and O–H groups in total. The molecule has 0 spiro atoms. The molecule has 0 bridgehead atoms. The van der Waals surface area contributed by atoms with Crippen LogP contribution in [0.3, 0.4) is 0 Å². The fourth-order valence-corrected chi connectivity index (χ4v) is 3.60. The first kappa shape index (κ1) is 12.9. The molecule has 1 heterocycles. The monoisotopic (exact) mass is 250 g/mol. The number of aromatic nitrogens is 1. The van der Waals surface area contributed by atoms with E-state index in [-0.39, 0.29) is 0 Å². The Kier molecular flexibility index (Phi) is 4.86. The van der Waals surface area contributed by atoms with Crippen molar-refractivity contribution in [3.8, 4) is 0 Å². The van der Waals surface area contributed by atoms with Crippen molar-refractivity contribution in [2.45, 2.75) is 50.9 Å². The van der Waals surface area contributed by atoms with Crippen LogP contribution in [0.5, 0.6) is 0 Å². The molecule has 1 aliphatic carbocycles. The molecule has 0 aliphatic heterocycles. The maximum Gasteiger partial charge on any atom is 0.0544 e. The van der Waals surface area contributed by atoms with E-state index in [1.165, 1.54) is 25.0 Å². The minimum absolute atomic E-state index is 0.696. The van der Waals surface area contributed by atoms with Gasteiger partial charge in [-0.05, 0) is 44.1 Å². The van der Waals surface area contributed by atoms with Crippen molar-refractivity contribution in [3.05, 3.63) is 29.6 Å². The first-order valence-corrected chi connectivity index (χ1v) is 7.60. The Hall–Kier alpha value is -0.540. The maximum atomic E-state index is 4.52. The van der Waals surface area contributed by atoms with Crippen molar-refractivity contribution < 1.29 is 0 Å². The second kappa shape index (κ2) is 6.41. The Balaban J connectivity index is 1.76. The predicted molar refractivity (Wildman–Crippen MR) is 75.4 cm³/mol. The van der Waals surface area contributed by atoms with Crippen molar-refractivity contribution >= 4 is 11.8 Å². The highest BCUT2D eigenvalue weighted by Crippen LogP contribution is 2.29. The first-order chi connectivity index (χ1) is 8.28. The highest BCUT2D eigenvalue weighted by atomic mass is 32.2. The third-order valence-corrected chi connectivity index (χ3v) is 4.54. The van der Waals surface area contributed by atoms with Crippen LogP contribution in [0.1, 0.15) is 37.6 Å². The van der Waals surface area contributed by atoms with E-state index in [1.54, 1.807) is 0 Å². The number of pyridine rings is 1. The number of aryl methyl sites for hydroxylation is 1. The molecule has 0 amide bonds. The van der Waals surface area contributed by atoms with Crippen molar-refractivity contribution in [1.82, 2.24) is 10.3 Å². The van der Waals surface area contributed by atoms with Gasteiger partial charge in [0.1, 0.15) is 0 Å². The normalized spacial score (nSPS) is 24.1. The molecule has 1 aromatic heterocycles. The highest BCUT2D eigenvalue weighted by molar-refractivity contribution is 7.99. The summed E-state index contributed by atoms with van der Waals surface area (Å²) in [6.07, 6.45) is 4.02. The molecular weight excluding hydrogens is 228 g/mol. The van der Waals surface area contributed by atoms with E-state index >= 15 is 0 Å². The molecule has 0 saturated heterocycles. The first-order valence-electron chi connectivity index (χ1n) is 6.55. The van der Waals surface area contributed by atoms with Crippen LogP contribution in [0.4, 0.5) is 0 Å². The zero-order valence-electron chi connectivity index (χ0n) is 10.8. The molecule has 1 saturated carbocycles. The third-order valence-electron chi connectivity index (χ3n) is 3.30. The minimum atomic E-state index is 0.696. The Morgan fingerprint density at radius 1 is 1.41 bits per heavy atom. The molecule has 3 heteroatoms. The molecule has 1 aliphatic rings. The summed E-state index contributed by atoms with van der Waals surface area (Å²) in [6, 6.07) is 6.94. The van der Waals surface area contributed by atoms with Crippen LogP contribution < -0.4 is 5.32 Å².